The van der Waals surface area contributed by atoms with E-state index in [2.05, 4.69) is 14.7 Å². The maximum absolute atomic E-state index is 12.2. The fourth-order valence-corrected chi connectivity index (χ4v) is 1.65. The Kier molecular flexibility index (Phi) is 3.57. The summed E-state index contributed by atoms with van der Waals surface area (Å²) in [5, 5.41) is 10.3. The fourth-order valence-electron chi connectivity index (χ4n) is 1.38. The Hall–Kier alpha value is -1.87. The monoisotopic (exact) mass is 327 g/mol. The van der Waals surface area contributed by atoms with Gasteiger partial charge in [-0.05, 0) is 0 Å². The molecular formula is C9H2Cl2F3N3O3. The normalized spacial score (nSPS) is 11.7. The molecule has 0 atom stereocenters. The minimum Gasteiger partial charge on any atom is -0.398 e. The summed E-state index contributed by atoms with van der Waals surface area (Å²) in [7, 11) is 0. The molecular weight excluding hydrogens is 326 g/mol. The zero-order chi connectivity index (χ0) is 15.1. The van der Waals surface area contributed by atoms with Crippen molar-refractivity contribution in [3.8, 4) is 5.75 Å². The predicted molar refractivity (Wildman–Crippen MR) is 62.9 cm³/mol. The first kappa shape index (κ1) is 14.5. The lowest BCUT2D eigenvalue weighted by molar-refractivity contribution is -0.388. The number of nitro benzene ring substituents is 1. The summed E-state index contributed by atoms with van der Waals surface area (Å²) in [5.41, 5.74) is -1.12. The number of nitrogens with zero attached hydrogens (tertiary/aromatic N) is 3. The molecule has 0 radical (unpaired) electrons. The summed E-state index contributed by atoms with van der Waals surface area (Å²) < 4.78 is 40.2. The first-order chi connectivity index (χ1) is 9.17. The van der Waals surface area contributed by atoms with Gasteiger partial charge in [0, 0.05) is 12.1 Å². The Morgan fingerprint density at radius 2 is 1.65 bits per heavy atom. The Balaban J connectivity index is 2.69. The highest BCUT2D eigenvalue weighted by atomic mass is 35.5. The highest BCUT2D eigenvalue weighted by molar-refractivity contribution is 6.40. The molecule has 0 saturated heterocycles. The third kappa shape index (κ3) is 2.99. The quantitative estimate of drug-likeness (QED) is 0.620. The van der Waals surface area contributed by atoms with Gasteiger partial charge in [-0.2, -0.15) is 0 Å². The number of halogens is 5. The molecule has 0 amide bonds. The SMILES string of the molecule is O=[N+]([O-])c1cc2nc(Cl)c(Cl)nc2cc1OC(F)(F)F. The van der Waals surface area contributed by atoms with E-state index in [4.69, 9.17) is 23.2 Å². The second kappa shape index (κ2) is 4.91. The highest BCUT2D eigenvalue weighted by Gasteiger charge is 2.35. The molecule has 0 bridgehead atoms. The van der Waals surface area contributed by atoms with E-state index in [1.165, 1.54) is 0 Å². The zero-order valence-corrected chi connectivity index (χ0v) is 10.6. The molecule has 0 fully saturated rings. The van der Waals surface area contributed by atoms with Crippen LogP contribution in [0, 0.1) is 10.1 Å². The minimum atomic E-state index is -5.08. The number of benzene rings is 1. The van der Waals surface area contributed by atoms with Crippen molar-refractivity contribution in [3.63, 3.8) is 0 Å². The summed E-state index contributed by atoms with van der Waals surface area (Å²) in [4.78, 5) is 17.1. The summed E-state index contributed by atoms with van der Waals surface area (Å²) in [6.07, 6.45) is -5.08. The van der Waals surface area contributed by atoms with Gasteiger partial charge in [-0.1, -0.05) is 23.2 Å². The highest BCUT2D eigenvalue weighted by Crippen LogP contribution is 2.35. The number of fused-ring (bicyclic) bond motifs is 1. The van der Waals surface area contributed by atoms with Gasteiger partial charge < -0.3 is 4.74 Å². The molecule has 0 unspecified atom stereocenters. The van der Waals surface area contributed by atoms with Crippen LogP contribution in [0.3, 0.4) is 0 Å². The largest absolute Gasteiger partial charge is 0.573 e. The molecule has 1 aromatic carbocycles. The average molecular weight is 328 g/mol. The molecule has 0 aliphatic heterocycles. The van der Waals surface area contributed by atoms with Crippen LogP contribution in [0.4, 0.5) is 18.9 Å². The van der Waals surface area contributed by atoms with Crippen molar-refractivity contribution in [1.29, 1.82) is 0 Å². The molecule has 106 valence electrons. The van der Waals surface area contributed by atoms with Crippen molar-refractivity contribution in [1.82, 2.24) is 9.97 Å². The summed E-state index contributed by atoms with van der Waals surface area (Å²) >= 11 is 11.2. The van der Waals surface area contributed by atoms with Gasteiger partial charge in [0.2, 0.25) is 5.75 Å². The van der Waals surface area contributed by atoms with Crippen molar-refractivity contribution in [3.05, 3.63) is 32.6 Å². The van der Waals surface area contributed by atoms with Crippen LogP contribution < -0.4 is 4.74 Å². The lowest BCUT2D eigenvalue weighted by atomic mass is 10.2. The summed E-state index contributed by atoms with van der Waals surface area (Å²) in [5.74, 6) is -1.01. The number of hydrogen-bond acceptors (Lipinski definition) is 5. The van der Waals surface area contributed by atoms with E-state index in [-0.39, 0.29) is 21.3 Å². The Labute approximate surface area is 118 Å². The topological polar surface area (TPSA) is 78.2 Å². The van der Waals surface area contributed by atoms with Crippen LogP contribution in [-0.2, 0) is 0 Å². The number of ether oxygens (including phenoxy) is 1. The number of aromatic nitrogens is 2. The van der Waals surface area contributed by atoms with E-state index in [0.717, 1.165) is 12.1 Å². The van der Waals surface area contributed by atoms with Gasteiger partial charge in [0.05, 0.1) is 16.0 Å². The first-order valence-electron chi connectivity index (χ1n) is 4.74. The van der Waals surface area contributed by atoms with Crippen molar-refractivity contribution in [2.45, 2.75) is 6.36 Å². The third-order valence-corrected chi connectivity index (χ3v) is 2.71. The van der Waals surface area contributed by atoms with Crippen molar-refractivity contribution >= 4 is 39.9 Å². The van der Waals surface area contributed by atoms with Crippen molar-refractivity contribution in [2.24, 2.45) is 0 Å². The van der Waals surface area contributed by atoms with E-state index in [1.807, 2.05) is 0 Å². The second-order valence-electron chi connectivity index (χ2n) is 3.42. The van der Waals surface area contributed by atoms with E-state index >= 15 is 0 Å². The van der Waals surface area contributed by atoms with Gasteiger partial charge in [0.25, 0.3) is 0 Å². The molecule has 1 heterocycles. The van der Waals surface area contributed by atoms with E-state index in [0.29, 0.717) is 0 Å². The van der Waals surface area contributed by atoms with Crippen LogP contribution in [0.25, 0.3) is 11.0 Å². The number of nitro groups is 1. The van der Waals surface area contributed by atoms with Crippen LogP contribution in [0.5, 0.6) is 5.75 Å². The summed E-state index contributed by atoms with van der Waals surface area (Å²) in [6.45, 7) is 0. The van der Waals surface area contributed by atoms with Crippen LogP contribution >= 0.6 is 23.2 Å². The Bertz CT molecular complexity index is 708. The zero-order valence-electron chi connectivity index (χ0n) is 9.11. The molecule has 20 heavy (non-hydrogen) atoms. The number of alkyl halides is 3. The molecule has 0 spiro atoms. The van der Waals surface area contributed by atoms with Gasteiger partial charge in [0.1, 0.15) is 0 Å². The van der Waals surface area contributed by atoms with Gasteiger partial charge in [0.15, 0.2) is 10.3 Å². The first-order valence-corrected chi connectivity index (χ1v) is 5.50. The lowest BCUT2D eigenvalue weighted by Crippen LogP contribution is -2.18. The van der Waals surface area contributed by atoms with Crippen LogP contribution in [0.1, 0.15) is 0 Å². The minimum absolute atomic E-state index is 0.0828. The molecule has 0 aliphatic carbocycles. The van der Waals surface area contributed by atoms with Gasteiger partial charge in [-0.25, -0.2) is 9.97 Å². The van der Waals surface area contributed by atoms with E-state index in [1.54, 1.807) is 0 Å². The lowest BCUT2D eigenvalue weighted by Gasteiger charge is -2.09. The Morgan fingerprint density at radius 1 is 1.15 bits per heavy atom. The number of rotatable bonds is 2. The second-order valence-corrected chi connectivity index (χ2v) is 4.13. The van der Waals surface area contributed by atoms with Gasteiger partial charge >= 0.3 is 12.0 Å². The molecule has 2 aromatic rings. The van der Waals surface area contributed by atoms with Crippen LogP contribution in [-0.4, -0.2) is 21.3 Å². The fraction of sp³-hybridized carbons (Fsp3) is 0.111. The van der Waals surface area contributed by atoms with E-state index in [9.17, 15) is 23.3 Å². The smallest absolute Gasteiger partial charge is 0.398 e. The molecule has 11 heteroatoms. The van der Waals surface area contributed by atoms with Gasteiger partial charge in [-0.15, -0.1) is 13.2 Å². The third-order valence-electron chi connectivity index (χ3n) is 2.09. The molecule has 6 nitrogen and oxygen atoms in total. The van der Waals surface area contributed by atoms with Crippen molar-refractivity contribution in [2.75, 3.05) is 0 Å². The Morgan fingerprint density at radius 3 is 2.10 bits per heavy atom. The molecule has 0 aliphatic rings. The van der Waals surface area contributed by atoms with Crippen LogP contribution in [0.2, 0.25) is 10.3 Å². The standard InChI is InChI=1S/C9H2Cl2F3N3O3/c10-7-8(11)16-4-2-6(20-9(12,13)14)5(17(18)19)1-3(4)15-7/h1-2H. The summed E-state index contributed by atoms with van der Waals surface area (Å²) in [6, 6.07) is 1.49. The molecule has 0 N–H and O–H groups in total. The predicted octanol–water partition coefficient (Wildman–Crippen LogP) is 3.74. The molecule has 0 saturated carbocycles. The maximum atomic E-state index is 12.2. The van der Waals surface area contributed by atoms with Crippen LogP contribution in [0.15, 0.2) is 12.1 Å². The average Bonchev–Trinajstić information content (AvgIpc) is 2.28. The number of hydrogen-bond donors (Lipinski definition) is 0. The van der Waals surface area contributed by atoms with Gasteiger partial charge in [-0.3, -0.25) is 10.1 Å². The molecule has 2 rings (SSSR count). The van der Waals surface area contributed by atoms with Crippen molar-refractivity contribution < 1.29 is 22.8 Å². The molecule has 1 aromatic heterocycles. The van der Waals surface area contributed by atoms with E-state index < -0.39 is 22.7 Å². The maximum Gasteiger partial charge on any atom is 0.573 e.